The van der Waals surface area contributed by atoms with Crippen LogP contribution < -0.4 is 11.1 Å². The number of carbonyl (C=O) groups excluding carboxylic acids is 2. The minimum Gasteiger partial charge on any atom is -0.358 e. The molecule has 1 rings (SSSR count). The van der Waals surface area contributed by atoms with Crippen molar-refractivity contribution >= 4 is 11.8 Å². The number of hydrogen-bond donors (Lipinski definition) is 2. The summed E-state index contributed by atoms with van der Waals surface area (Å²) >= 11 is 0. The Hall–Kier alpha value is -1.10. The molecule has 5 heteroatoms. The lowest BCUT2D eigenvalue weighted by molar-refractivity contribution is -0.139. The second kappa shape index (κ2) is 6.00. The third-order valence-electron chi connectivity index (χ3n) is 3.65. The zero-order chi connectivity index (χ0) is 13.0. The maximum Gasteiger partial charge on any atom is 0.239 e. The SMILES string of the molecule is CNC(=O)CN(C)C(=O)C1CCCC(C)C1N. The first-order valence-electron chi connectivity index (χ1n) is 6.18. The second-order valence-corrected chi connectivity index (χ2v) is 4.96. The molecule has 3 atom stereocenters. The standard InChI is InChI=1S/C12H23N3O2/c1-8-5-4-6-9(11(8)13)12(17)15(3)7-10(16)14-2/h8-9,11H,4-7,13H2,1-3H3,(H,14,16). The van der Waals surface area contributed by atoms with E-state index in [0.29, 0.717) is 5.92 Å². The molecule has 2 amide bonds. The van der Waals surface area contributed by atoms with Crippen LogP contribution in [0.25, 0.3) is 0 Å². The molecule has 0 aromatic rings. The average Bonchev–Trinajstić information content (AvgIpc) is 2.31. The highest BCUT2D eigenvalue weighted by Crippen LogP contribution is 2.28. The van der Waals surface area contributed by atoms with Gasteiger partial charge < -0.3 is 16.0 Å². The van der Waals surface area contributed by atoms with E-state index >= 15 is 0 Å². The Labute approximate surface area is 103 Å². The van der Waals surface area contributed by atoms with Crippen molar-refractivity contribution in [1.29, 1.82) is 0 Å². The highest BCUT2D eigenvalue weighted by molar-refractivity contribution is 5.86. The van der Waals surface area contributed by atoms with E-state index in [1.54, 1.807) is 14.1 Å². The summed E-state index contributed by atoms with van der Waals surface area (Å²) in [6.07, 6.45) is 2.96. The van der Waals surface area contributed by atoms with Gasteiger partial charge in [0.15, 0.2) is 0 Å². The number of rotatable bonds is 3. The van der Waals surface area contributed by atoms with Gasteiger partial charge in [-0.15, -0.1) is 0 Å². The first kappa shape index (κ1) is 14.0. The number of carbonyl (C=O) groups is 2. The van der Waals surface area contributed by atoms with Crippen molar-refractivity contribution in [2.75, 3.05) is 20.6 Å². The molecular weight excluding hydrogens is 218 g/mol. The van der Waals surface area contributed by atoms with Gasteiger partial charge in [0.25, 0.3) is 0 Å². The Bertz CT molecular complexity index is 293. The molecule has 0 radical (unpaired) electrons. The van der Waals surface area contributed by atoms with Gasteiger partial charge >= 0.3 is 0 Å². The molecule has 0 heterocycles. The maximum absolute atomic E-state index is 12.2. The lowest BCUT2D eigenvalue weighted by Crippen LogP contribution is -2.49. The van der Waals surface area contributed by atoms with Gasteiger partial charge in [0.1, 0.15) is 0 Å². The number of nitrogens with two attached hydrogens (primary N) is 1. The molecule has 1 fully saturated rings. The lowest BCUT2D eigenvalue weighted by Gasteiger charge is -2.34. The zero-order valence-electron chi connectivity index (χ0n) is 10.9. The van der Waals surface area contributed by atoms with Gasteiger partial charge in [0.05, 0.1) is 12.5 Å². The van der Waals surface area contributed by atoms with Crippen molar-refractivity contribution in [2.45, 2.75) is 32.2 Å². The molecule has 0 bridgehead atoms. The van der Waals surface area contributed by atoms with E-state index in [-0.39, 0.29) is 30.3 Å². The van der Waals surface area contributed by atoms with E-state index in [1.807, 2.05) is 0 Å². The second-order valence-electron chi connectivity index (χ2n) is 4.96. The van der Waals surface area contributed by atoms with Crippen LogP contribution in [0.5, 0.6) is 0 Å². The van der Waals surface area contributed by atoms with Crippen molar-refractivity contribution in [3.8, 4) is 0 Å². The van der Waals surface area contributed by atoms with Crippen molar-refractivity contribution in [3.05, 3.63) is 0 Å². The summed E-state index contributed by atoms with van der Waals surface area (Å²) in [7, 11) is 3.22. The van der Waals surface area contributed by atoms with Gasteiger partial charge in [0.2, 0.25) is 11.8 Å². The summed E-state index contributed by atoms with van der Waals surface area (Å²) in [6, 6.07) is -0.0802. The third-order valence-corrected chi connectivity index (χ3v) is 3.65. The van der Waals surface area contributed by atoms with Crippen molar-refractivity contribution in [3.63, 3.8) is 0 Å². The molecule has 3 unspecified atom stereocenters. The summed E-state index contributed by atoms with van der Waals surface area (Å²) in [5.41, 5.74) is 6.08. The summed E-state index contributed by atoms with van der Waals surface area (Å²) < 4.78 is 0. The monoisotopic (exact) mass is 241 g/mol. The van der Waals surface area contributed by atoms with Crippen LogP contribution in [0.15, 0.2) is 0 Å². The van der Waals surface area contributed by atoms with Crippen molar-refractivity contribution < 1.29 is 9.59 Å². The molecule has 0 aromatic heterocycles. The van der Waals surface area contributed by atoms with Gasteiger partial charge in [-0.2, -0.15) is 0 Å². The quantitative estimate of drug-likeness (QED) is 0.727. The molecule has 0 saturated heterocycles. The molecule has 5 nitrogen and oxygen atoms in total. The maximum atomic E-state index is 12.2. The Balaban J connectivity index is 2.59. The molecule has 3 N–H and O–H groups in total. The van der Waals surface area contributed by atoms with Crippen LogP contribution in [0.1, 0.15) is 26.2 Å². The van der Waals surface area contributed by atoms with Crippen LogP contribution in [-0.2, 0) is 9.59 Å². The number of hydrogen-bond acceptors (Lipinski definition) is 3. The Morgan fingerprint density at radius 3 is 2.65 bits per heavy atom. The predicted molar refractivity (Wildman–Crippen MR) is 66.2 cm³/mol. The number of nitrogens with one attached hydrogen (secondary N) is 1. The van der Waals surface area contributed by atoms with Gasteiger partial charge in [-0.3, -0.25) is 9.59 Å². The van der Waals surface area contributed by atoms with E-state index in [9.17, 15) is 9.59 Å². The number of nitrogens with zero attached hydrogens (tertiary/aromatic N) is 1. The van der Waals surface area contributed by atoms with Crippen LogP contribution in [0, 0.1) is 11.8 Å². The molecule has 1 aliphatic carbocycles. The van der Waals surface area contributed by atoms with Crippen LogP contribution in [0.4, 0.5) is 0 Å². The van der Waals surface area contributed by atoms with E-state index < -0.39 is 0 Å². The highest BCUT2D eigenvalue weighted by atomic mass is 16.2. The van der Waals surface area contributed by atoms with E-state index in [2.05, 4.69) is 12.2 Å². The van der Waals surface area contributed by atoms with E-state index in [4.69, 9.17) is 5.73 Å². The molecule has 98 valence electrons. The third kappa shape index (κ3) is 3.43. The first-order chi connectivity index (χ1) is 7.97. The van der Waals surface area contributed by atoms with E-state index in [1.165, 1.54) is 4.90 Å². The number of likely N-dealkylation sites (N-methyl/N-ethyl adjacent to an activating group) is 2. The molecule has 0 spiro atoms. The molecule has 1 saturated carbocycles. The normalized spacial score (nSPS) is 28.6. The van der Waals surface area contributed by atoms with Crippen molar-refractivity contribution in [1.82, 2.24) is 10.2 Å². The molecule has 0 aromatic carbocycles. The summed E-state index contributed by atoms with van der Waals surface area (Å²) in [4.78, 5) is 24.9. The molecular formula is C12H23N3O2. The fraction of sp³-hybridized carbons (Fsp3) is 0.833. The molecule has 1 aliphatic rings. The summed E-state index contributed by atoms with van der Waals surface area (Å²) in [6.45, 7) is 2.19. The minimum atomic E-state index is -0.154. The Morgan fingerprint density at radius 2 is 2.06 bits per heavy atom. The van der Waals surface area contributed by atoms with Gasteiger partial charge in [-0.25, -0.2) is 0 Å². The summed E-state index contributed by atoms with van der Waals surface area (Å²) in [5, 5.41) is 2.51. The van der Waals surface area contributed by atoms with Crippen molar-refractivity contribution in [2.24, 2.45) is 17.6 Å². The largest absolute Gasteiger partial charge is 0.358 e. The first-order valence-corrected chi connectivity index (χ1v) is 6.18. The smallest absolute Gasteiger partial charge is 0.239 e. The minimum absolute atomic E-state index is 0.00681. The fourth-order valence-corrected chi connectivity index (χ4v) is 2.38. The molecule has 17 heavy (non-hydrogen) atoms. The highest BCUT2D eigenvalue weighted by Gasteiger charge is 2.34. The average molecular weight is 241 g/mol. The Kier molecular flexibility index (Phi) is 4.93. The van der Waals surface area contributed by atoms with E-state index in [0.717, 1.165) is 19.3 Å². The lowest BCUT2D eigenvalue weighted by atomic mass is 9.77. The zero-order valence-corrected chi connectivity index (χ0v) is 10.9. The summed E-state index contributed by atoms with van der Waals surface area (Å²) in [5.74, 6) is 0.0884. The van der Waals surface area contributed by atoms with Crippen LogP contribution in [0.2, 0.25) is 0 Å². The topological polar surface area (TPSA) is 75.4 Å². The van der Waals surface area contributed by atoms with Crippen LogP contribution in [-0.4, -0.2) is 43.4 Å². The number of amides is 2. The predicted octanol–water partition coefficient (Wildman–Crippen LogP) is -0.0457. The fourth-order valence-electron chi connectivity index (χ4n) is 2.38. The Morgan fingerprint density at radius 1 is 1.41 bits per heavy atom. The van der Waals surface area contributed by atoms with Gasteiger partial charge in [-0.1, -0.05) is 13.3 Å². The molecule has 0 aliphatic heterocycles. The van der Waals surface area contributed by atoms with Gasteiger partial charge in [0, 0.05) is 20.1 Å². The van der Waals surface area contributed by atoms with Crippen LogP contribution >= 0.6 is 0 Å². The van der Waals surface area contributed by atoms with Gasteiger partial charge in [-0.05, 0) is 18.8 Å². The van der Waals surface area contributed by atoms with Crippen LogP contribution in [0.3, 0.4) is 0 Å².